The van der Waals surface area contributed by atoms with Gasteiger partial charge in [0.2, 0.25) is 11.8 Å². The Balaban J connectivity index is 1.78. The van der Waals surface area contributed by atoms with Crippen LogP contribution in [0.2, 0.25) is 0 Å². The fourth-order valence-corrected chi connectivity index (χ4v) is 4.51. The van der Waals surface area contributed by atoms with E-state index in [9.17, 15) is 14.0 Å². The number of nitrogens with zero attached hydrogens (tertiary/aromatic N) is 2. The predicted octanol–water partition coefficient (Wildman–Crippen LogP) is 5.15. The molecule has 1 aromatic heterocycles. The highest BCUT2D eigenvalue weighted by Crippen LogP contribution is 2.29. The fraction of sp³-hybridized carbons (Fsp3) is 0.500. The van der Waals surface area contributed by atoms with Crippen molar-refractivity contribution in [2.24, 2.45) is 5.92 Å². The zero-order valence-corrected chi connectivity index (χ0v) is 18.9. The number of hydrogen-bond donors (Lipinski definition) is 0. The van der Waals surface area contributed by atoms with Crippen LogP contribution in [-0.4, -0.2) is 34.2 Å². The summed E-state index contributed by atoms with van der Waals surface area (Å²) < 4.78 is 13.3. The van der Waals surface area contributed by atoms with Gasteiger partial charge in [0.25, 0.3) is 0 Å². The van der Waals surface area contributed by atoms with Crippen LogP contribution in [0.4, 0.5) is 4.39 Å². The van der Waals surface area contributed by atoms with Gasteiger partial charge in [0.15, 0.2) is 0 Å². The fourth-order valence-electron chi connectivity index (χ4n) is 3.59. The Morgan fingerprint density at radius 1 is 1.17 bits per heavy atom. The maximum absolute atomic E-state index is 13.4. The van der Waals surface area contributed by atoms with Crippen molar-refractivity contribution < 1.29 is 14.0 Å². The average molecular weight is 431 g/mol. The van der Waals surface area contributed by atoms with Gasteiger partial charge in [0.05, 0.1) is 6.54 Å². The molecule has 162 valence electrons. The topological polar surface area (TPSA) is 40.6 Å². The summed E-state index contributed by atoms with van der Waals surface area (Å²) >= 11 is 1.63. The summed E-state index contributed by atoms with van der Waals surface area (Å²) in [5, 5.41) is 2.02. The smallest absolute Gasteiger partial charge is 0.242 e. The van der Waals surface area contributed by atoms with Crippen LogP contribution in [0.5, 0.6) is 0 Å². The van der Waals surface area contributed by atoms with Gasteiger partial charge in [-0.25, -0.2) is 4.39 Å². The van der Waals surface area contributed by atoms with Crippen molar-refractivity contribution in [3.63, 3.8) is 0 Å². The molecule has 0 radical (unpaired) electrons. The summed E-state index contributed by atoms with van der Waals surface area (Å²) in [6, 6.07) is 8.33. The number of thiophene rings is 1. The monoisotopic (exact) mass is 430 g/mol. The van der Waals surface area contributed by atoms with Gasteiger partial charge in [0.1, 0.15) is 12.4 Å². The Hall–Kier alpha value is -2.21. The Morgan fingerprint density at radius 2 is 1.87 bits per heavy atom. The van der Waals surface area contributed by atoms with Crippen LogP contribution in [-0.2, 0) is 22.7 Å². The molecule has 0 aliphatic heterocycles. The molecule has 6 heteroatoms. The van der Waals surface area contributed by atoms with Gasteiger partial charge in [-0.2, -0.15) is 0 Å². The van der Waals surface area contributed by atoms with Gasteiger partial charge in [-0.1, -0.05) is 25.5 Å². The van der Waals surface area contributed by atoms with E-state index in [1.807, 2.05) is 32.2 Å². The zero-order valence-electron chi connectivity index (χ0n) is 18.1. The molecule has 0 spiro atoms. The maximum atomic E-state index is 13.4. The van der Waals surface area contributed by atoms with Crippen LogP contribution in [0.1, 0.15) is 55.5 Å². The van der Waals surface area contributed by atoms with Crippen LogP contribution >= 0.6 is 11.3 Å². The molecule has 1 atom stereocenters. The number of halogens is 1. The van der Waals surface area contributed by atoms with Gasteiger partial charge >= 0.3 is 0 Å². The number of rotatable bonds is 9. The molecule has 0 saturated heterocycles. The van der Waals surface area contributed by atoms with Crippen molar-refractivity contribution >= 4 is 23.2 Å². The molecule has 0 unspecified atom stereocenters. The molecule has 1 fully saturated rings. The van der Waals surface area contributed by atoms with Crippen molar-refractivity contribution in [3.8, 4) is 0 Å². The lowest BCUT2D eigenvalue weighted by atomic mass is 9.84. The zero-order chi connectivity index (χ0) is 21.7. The molecule has 2 amide bonds. The summed E-state index contributed by atoms with van der Waals surface area (Å²) in [7, 11) is 0. The van der Waals surface area contributed by atoms with E-state index >= 15 is 0 Å². The van der Waals surface area contributed by atoms with Crippen molar-refractivity contribution in [3.05, 3.63) is 57.5 Å². The second-order valence-corrected chi connectivity index (χ2v) is 9.25. The lowest BCUT2D eigenvalue weighted by Crippen LogP contribution is -2.49. The van der Waals surface area contributed by atoms with Crippen molar-refractivity contribution in [1.82, 2.24) is 9.80 Å². The molecule has 1 aromatic carbocycles. The lowest BCUT2D eigenvalue weighted by Gasteiger charge is -2.36. The molecule has 1 saturated carbocycles. The minimum atomic E-state index is -0.292. The van der Waals surface area contributed by atoms with Crippen LogP contribution in [0.3, 0.4) is 0 Å². The molecular formula is C24H31FN2O2S. The molecule has 1 aliphatic carbocycles. The molecule has 30 heavy (non-hydrogen) atoms. The first kappa shape index (κ1) is 22.5. The highest BCUT2D eigenvalue weighted by Gasteiger charge is 2.33. The Labute approximate surface area is 182 Å². The standard InChI is InChI=1S/C24H31FN2O2S/c1-4-18(3)27(24(29)20-6-5-7-20)16-23(28)26(15-22-17(2)12-13-30-22)14-19-8-10-21(25)11-9-19/h8-13,18,20H,4-7,14-16H2,1-3H3/t18-/m1/s1. The molecular weight excluding hydrogens is 399 g/mol. The highest BCUT2D eigenvalue weighted by molar-refractivity contribution is 7.10. The van der Waals surface area contributed by atoms with E-state index < -0.39 is 0 Å². The Bertz CT molecular complexity index is 860. The number of hydrogen-bond acceptors (Lipinski definition) is 3. The van der Waals surface area contributed by atoms with Gasteiger partial charge in [-0.05, 0) is 67.8 Å². The molecule has 0 bridgehead atoms. The van der Waals surface area contributed by atoms with Crippen LogP contribution in [0.25, 0.3) is 0 Å². The van der Waals surface area contributed by atoms with Crippen LogP contribution in [0, 0.1) is 18.7 Å². The molecule has 2 aromatic rings. The second kappa shape index (κ2) is 10.2. The first-order valence-electron chi connectivity index (χ1n) is 10.7. The van der Waals surface area contributed by atoms with Gasteiger partial charge < -0.3 is 9.80 Å². The van der Waals surface area contributed by atoms with Crippen LogP contribution < -0.4 is 0 Å². The highest BCUT2D eigenvalue weighted by atomic mass is 32.1. The summed E-state index contributed by atoms with van der Waals surface area (Å²) in [4.78, 5) is 31.0. The molecule has 4 nitrogen and oxygen atoms in total. The molecule has 1 aliphatic rings. The average Bonchev–Trinajstić information content (AvgIpc) is 3.09. The predicted molar refractivity (Wildman–Crippen MR) is 119 cm³/mol. The summed E-state index contributed by atoms with van der Waals surface area (Å²) in [6.45, 7) is 7.07. The van der Waals surface area contributed by atoms with E-state index in [-0.39, 0.29) is 36.1 Å². The number of aryl methyl sites for hydroxylation is 1. The summed E-state index contributed by atoms with van der Waals surface area (Å²) in [5.41, 5.74) is 2.03. The van der Waals surface area contributed by atoms with E-state index in [0.717, 1.165) is 41.7 Å². The number of carbonyl (C=O) groups excluding carboxylic acids is 2. The van der Waals surface area contributed by atoms with E-state index in [2.05, 4.69) is 0 Å². The number of carbonyl (C=O) groups is 2. The second-order valence-electron chi connectivity index (χ2n) is 8.25. The molecule has 0 N–H and O–H groups in total. The van der Waals surface area contributed by atoms with Crippen molar-refractivity contribution in [2.45, 2.75) is 65.6 Å². The van der Waals surface area contributed by atoms with Crippen molar-refractivity contribution in [1.29, 1.82) is 0 Å². The molecule has 3 rings (SSSR count). The van der Waals surface area contributed by atoms with Gasteiger partial charge in [-0.3, -0.25) is 9.59 Å². The van der Waals surface area contributed by atoms with E-state index in [4.69, 9.17) is 0 Å². The van der Waals surface area contributed by atoms with Gasteiger partial charge in [0, 0.05) is 23.4 Å². The van der Waals surface area contributed by atoms with Crippen LogP contribution in [0.15, 0.2) is 35.7 Å². The van der Waals surface area contributed by atoms with Crippen molar-refractivity contribution in [2.75, 3.05) is 6.54 Å². The van der Waals surface area contributed by atoms with Gasteiger partial charge in [-0.15, -0.1) is 11.3 Å². The normalized spacial score (nSPS) is 14.8. The summed E-state index contributed by atoms with van der Waals surface area (Å²) in [5.74, 6) is -0.185. The van der Waals surface area contributed by atoms with E-state index in [1.165, 1.54) is 12.1 Å². The number of benzene rings is 1. The Kier molecular flexibility index (Phi) is 7.64. The third-order valence-corrected chi connectivity index (χ3v) is 7.12. The maximum Gasteiger partial charge on any atom is 0.242 e. The third kappa shape index (κ3) is 5.48. The number of amides is 2. The van der Waals surface area contributed by atoms with E-state index in [1.54, 1.807) is 33.3 Å². The minimum absolute atomic E-state index is 0.0261. The first-order chi connectivity index (χ1) is 14.4. The Morgan fingerprint density at radius 3 is 2.40 bits per heavy atom. The SMILES string of the molecule is CC[C@@H](C)N(CC(=O)N(Cc1ccc(F)cc1)Cc1sccc1C)C(=O)C1CCC1. The lowest BCUT2D eigenvalue weighted by molar-refractivity contribution is -0.147. The molecule has 1 heterocycles. The first-order valence-corrected chi connectivity index (χ1v) is 11.6. The minimum Gasteiger partial charge on any atom is -0.332 e. The third-order valence-electron chi connectivity index (χ3n) is 6.11. The quantitative estimate of drug-likeness (QED) is 0.552. The van der Waals surface area contributed by atoms with E-state index in [0.29, 0.717) is 13.1 Å². The largest absolute Gasteiger partial charge is 0.332 e. The summed E-state index contributed by atoms with van der Waals surface area (Å²) in [6.07, 6.45) is 3.75.